The first-order valence-corrected chi connectivity index (χ1v) is 9.71. The summed E-state index contributed by atoms with van der Waals surface area (Å²) in [6.07, 6.45) is -8.24. The molecule has 1 saturated heterocycles. The molecule has 21 heavy (non-hydrogen) atoms. The van der Waals surface area contributed by atoms with Crippen LogP contribution in [0.2, 0.25) is 15.5 Å². The van der Waals surface area contributed by atoms with Crippen molar-refractivity contribution in [2.45, 2.75) is 52.1 Å². The van der Waals surface area contributed by atoms with Crippen molar-refractivity contribution in [1.82, 2.24) is 0 Å². The summed E-state index contributed by atoms with van der Waals surface area (Å²) in [5.74, 6) is 0. The van der Waals surface area contributed by atoms with Gasteiger partial charge < -0.3 is 12.4 Å². The normalized spacial score (nSPS) is 34.9. The van der Waals surface area contributed by atoms with Crippen LogP contribution in [0.15, 0.2) is 0 Å². The standard InChI is InChI=1S/C11H23O8Se.ClH/c12-1-5(14)10(18)11(19)7(16)4-20-3-6(15)9(17)8(20)2-13;/h5-19H,1-4H2;1H/q+1;/p-1/t5-,6+,7+,8+,9-,10+,11+,20?;/m0./s1. The second kappa shape index (κ2) is 9.59. The third-order valence-electron chi connectivity index (χ3n) is 3.48. The molecule has 0 bridgehead atoms. The van der Waals surface area contributed by atoms with Gasteiger partial charge in [-0.05, 0) is 0 Å². The topological polar surface area (TPSA) is 162 Å². The van der Waals surface area contributed by atoms with Gasteiger partial charge in [0, 0.05) is 0 Å². The summed E-state index contributed by atoms with van der Waals surface area (Å²) >= 11 is -1.77. The number of hydrogen-bond acceptors (Lipinski definition) is 8. The van der Waals surface area contributed by atoms with E-state index in [1.54, 1.807) is 0 Å². The molecule has 0 amide bonds. The predicted octanol–water partition coefficient (Wildman–Crippen LogP) is -6.98. The molecule has 1 unspecified atom stereocenters. The average molecular weight is 398 g/mol. The van der Waals surface area contributed by atoms with Crippen LogP contribution in [0.1, 0.15) is 0 Å². The zero-order chi connectivity index (χ0) is 15.4. The van der Waals surface area contributed by atoms with Gasteiger partial charge in [0.15, 0.2) is 0 Å². The smallest absolute Gasteiger partial charge is 1.00 e. The Bertz CT molecular complexity index is 299. The van der Waals surface area contributed by atoms with Gasteiger partial charge in [0.2, 0.25) is 0 Å². The minimum Gasteiger partial charge on any atom is -1.00 e. The van der Waals surface area contributed by atoms with Gasteiger partial charge in [-0.1, -0.05) is 0 Å². The van der Waals surface area contributed by atoms with Crippen LogP contribution in [0.5, 0.6) is 0 Å². The maximum atomic E-state index is 9.86. The van der Waals surface area contributed by atoms with E-state index in [0.717, 1.165) is 0 Å². The SMILES string of the molecule is OC[C@@H]1[C@@H](O)[C@H](O)C[Se+]1C[C@@H](O)[C@@H](O)[C@H](O)[C@@H](O)CO.[Cl-]. The molecule has 0 aromatic carbocycles. The summed E-state index contributed by atoms with van der Waals surface area (Å²) in [6, 6.07) is 0. The number of rotatable bonds is 7. The van der Waals surface area contributed by atoms with Gasteiger partial charge in [-0.15, -0.1) is 0 Å². The second-order valence-electron chi connectivity index (χ2n) is 4.95. The Kier molecular flexibility index (Phi) is 9.81. The fraction of sp³-hybridized carbons (Fsp3) is 1.00. The summed E-state index contributed by atoms with van der Waals surface area (Å²) in [6.45, 7) is -1.06. The zero-order valence-corrected chi connectivity index (χ0v) is 13.7. The Morgan fingerprint density at radius 2 is 1.48 bits per heavy atom. The second-order valence-corrected chi connectivity index (χ2v) is 9.87. The molecular formula is C11H23ClO8Se. The van der Waals surface area contributed by atoms with Gasteiger partial charge in [0.05, 0.1) is 0 Å². The molecule has 0 aliphatic carbocycles. The third-order valence-corrected chi connectivity index (χ3v) is 9.40. The van der Waals surface area contributed by atoms with Gasteiger partial charge in [-0.25, -0.2) is 0 Å². The van der Waals surface area contributed by atoms with E-state index in [9.17, 15) is 35.7 Å². The van der Waals surface area contributed by atoms with Crippen molar-refractivity contribution in [3.05, 3.63) is 0 Å². The zero-order valence-electron chi connectivity index (χ0n) is 11.2. The summed E-state index contributed by atoms with van der Waals surface area (Å²) in [4.78, 5) is -0.494. The molecule has 0 aromatic rings. The van der Waals surface area contributed by atoms with Crippen LogP contribution in [0.25, 0.3) is 0 Å². The Morgan fingerprint density at radius 1 is 0.952 bits per heavy atom. The van der Waals surface area contributed by atoms with Crippen molar-refractivity contribution < 1.29 is 53.3 Å². The molecule has 1 fully saturated rings. The molecule has 1 rings (SSSR count). The largest absolute Gasteiger partial charge is 1.00 e. The molecule has 128 valence electrons. The molecule has 8 atom stereocenters. The molecule has 1 heterocycles. The Hall–Kier alpha value is 0.489. The fourth-order valence-electron chi connectivity index (χ4n) is 2.17. The first-order valence-electron chi connectivity index (χ1n) is 6.29. The van der Waals surface area contributed by atoms with Crippen molar-refractivity contribution in [3.63, 3.8) is 0 Å². The van der Waals surface area contributed by atoms with E-state index in [0.29, 0.717) is 0 Å². The van der Waals surface area contributed by atoms with E-state index < -0.39 is 61.9 Å². The molecule has 0 radical (unpaired) electrons. The maximum absolute atomic E-state index is 9.86. The molecular weight excluding hydrogens is 375 g/mol. The fourth-order valence-corrected chi connectivity index (χ4v) is 7.81. The van der Waals surface area contributed by atoms with Gasteiger partial charge in [-0.2, -0.15) is 0 Å². The summed E-state index contributed by atoms with van der Waals surface area (Å²) < 4.78 is 0. The van der Waals surface area contributed by atoms with E-state index >= 15 is 0 Å². The number of halogens is 1. The summed E-state index contributed by atoms with van der Waals surface area (Å²) in [7, 11) is 0. The Morgan fingerprint density at radius 3 is 1.95 bits per heavy atom. The molecule has 8 N–H and O–H groups in total. The molecule has 0 saturated carbocycles. The number of hydrogen-bond donors (Lipinski definition) is 8. The molecule has 1 aliphatic rings. The van der Waals surface area contributed by atoms with Gasteiger partial charge in [0.25, 0.3) is 0 Å². The van der Waals surface area contributed by atoms with Crippen LogP contribution in [0, 0.1) is 0 Å². The Labute approximate surface area is 133 Å². The molecule has 0 aromatic heterocycles. The first kappa shape index (κ1) is 21.5. The number of aliphatic hydroxyl groups is 8. The van der Waals surface area contributed by atoms with Crippen molar-refractivity contribution in [1.29, 1.82) is 0 Å². The van der Waals surface area contributed by atoms with E-state index in [1.165, 1.54) is 0 Å². The van der Waals surface area contributed by atoms with Crippen molar-refractivity contribution in [2.75, 3.05) is 13.2 Å². The summed E-state index contributed by atoms with van der Waals surface area (Å²) in [5, 5.41) is 75.7. The van der Waals surface area contributed by atoms with Crippen LogP contribution in [0.3, 0.4) is 0 Å². The van der Waals surface area contributed by atoms with E-state index in [-0.39, 0.29) is 29.7 Å². The van der Waals surface area contributed by atoms with Crippen LogP contribution in [0.4, 0.5) is 0 Å². The molecule has 0 spiro atoms. The third kappa shape index (κ3) is 5.26. The minimum atomic E-state index is -1.77. The van der Waals surface area contributed by atoms with Crippen LogP contribution < -0.4 is 12.4 Å². The molecule has 8 nitrogen and oxygen atoms in total. The Balaban J connectivity index is 0.00000400. The molecule has 1 aliphatic heterocycles. The van der Waals surface area contributed by atoms with Crippen LogP contribution >= 0.6 is 0 Å². The molecule has 10 heteroatoms. The number of aliphatic hydroxyl groups excluding tert-OH is 8. The monoisotopic (exact) mass is 398 g/mol. The van der Waals surface area contributed by atoms with Crippen LogP contribution in [-0.2, 0) is 0 Å². The maximum Gasteiger partial charge on any atom is -1.00 e. The van der Waals surface area contributed by atoms with Crippen molar-refractivity contribution in [3.8, 4) is 0 Å². The van der Waals surface area contributed by atoms with E-state index in [2.05, 4.69) is 0 Å². The van der Waals surface area contributed by atoms with E-state index in [1.807, 2.05) is 0 Å². The van der Waals surface area contributed by atoms with Gasteiger partial charge in [-0.3, -0.25) is 0 Å². The van der Waals surface area contributed by atoms with Gasteiger partial charge in [0.1, 0.15) is 0 Å². The minimum absolute atomic E-state index is 0. The van der Waals surface area contributed by atoms with Gasteiger partial charge >= 0.3 is 120 Å². The van der Waals surface area contributed by atoms with E-state index in [4.69, 9.17) is 5.11 Å². The average Bonchev–Trinajstić information content (AvgIpc) is 2.70. The quantitative estimate of drug-likeness (QED) is 0.197. The van der Waals surface area contributed by atoms with Crippen molar-refractivity contribution >= 4 is 13.9 Å². The predicted molar refractivity (Wildman–Crippen MR) is 69.3 cm³/mol. The first-order chi connectivity index (χ1) is 9.33. The van der Waals surface area contributed by atoms with Crippen molar-refractivity contribution in [2.24, 2.45) is 0 Å². The summed E-state index contributed by atoms with van der Waals surface area (Å²) in [5.41, 5.74) is 0. The van der Waals surface area contributed by atoms with Crippen LogP contribution in [-0.4, -0.2) is 105 Å².